The van der Waals surface area contributed by atoms with E-state index in [1.165, 1.54) is 30.6 Å². The van der Waals surface area contributed by atoms with Crippen molar-refractivity contribution in [1.82, 2.24) is 0 Å². The van der Waals surface area contributed by atoms with E-state index in [2.05, 4.69) is 150 Å². The van der Waals surface area contributed by atoms with Gasteiger partial charge in [-0.1, -0.05) is 161 Å². The Balaban J connectivity index is 0.000000247. The molecular formula is C86H114F9O15S2-. The molecule has 5 aromatic carbocycles. The summed E-state index contributed by atoms with van der Waals surface area (Å²) in [6.07, 6.45) is -13.0. The molecule has 1 aromatic heterocycles. The largest absolute Gasteiger partial charge is 0.828 e. The number of hydrogen-bond donors (Lipinski definition) is 1. The standard InChI is InChI=1S/C20H29F3O7S.C18H13S.C17H32O2.C15H22O2.C11H16O.C5H3F6O3/c1-4-17(2,3)15(24)30-19-8-12-5-13(9-19)7-18(6-12,11-19)16(25)29-14(20(21,22)23)10-31(26,27)28;1-2-8-14(9-3-1)19-17-12-6-4-10-15(17)16-11-5-7-13-18(16)19;1-9-15(3,4)14(18)19-13-10-16(5,6)12(2)17(7,8)11-13;1-6-14(2,3)13(16)17-15(4,5)12-10-8-7-9-11-12;1-4-11(2,3)9-6-5-7-10(12)8-9;1-14-2(12)3(13,4(6,7)8)5(9,10)11/h12-14H,4-11H2,1-3H3,(H,26,27,28);1-13H;12-13H,9-11H2,1-8H3;7-11H,6H2,1-5H3;5-8,12H,4H2,1-3H3;1H3/q;+1;;;;-1/p-1. The minimum Gasteiger partial charge on any atom is -0.828 e. The van der Waals surface area contributed by atoms with Crippen molar-refractivity contribution in [3.8, 4) is 10.6 Å². The topological polar surface area (TPSA) is 232 Å². The number of methoxy groups -OCH3 is 1. The lowest BCUT2D eigenvalue weighted by Crippen LogP contribution is -2.71. The van der Waals surface area contributed by atoms with E-state index in [4.69, 9.17) is 14.2 Å². The summed E-state index contributed by atoms with van der Waals surface area (Å²) in [5.74, 6) is -5.57. The highest BCUT2D eigenvalue weighted by Crippen LogP contribution is 2.64. The van der Waals surface area contributed by atoms with E-state index in [0.29, 0.717) is 43.8 Å². The molecule has 26 heteroatoms. The van der Waals surface area contributed by atoms with Crippen molar-refractivity contribution in [3.05, 3.63) is 145 Å². The zero-order chi connectivity index (χ0) is 85.3. The maximum atomic E-state index is 13.3. The molecule has 3 unspecified atom stereocenters. The van der Waals surface area contributed by atoms with Crippen LogP contribution < -0.4 is 5.11 Å². The summed E-state index contributed by atoms with van der Waals surface area (Å²) < 4.78 is 171. The fraction of sp³-hybridized carbons (Fsp3) is 0.593. The molecule has 11 rings (SSSR count). The Hall–Kier alpha value is -7.29. The summed E-state index contributed by atoms with van der Waals surface area (Å²) in [7, 11) is -4.96. The molecule has 1 N–H and O–H groups in total. The van der Waals surface area contributed by atoms with Gasteiger partial charge in [0.25, 0.3) is 0 Å². The predicted molar refractivity (Wildman–Crippen MR) is 414 cm³/mol. The lowest BCUT2D eigenvalue weighted by atomic mass is 9.48. The van der Waals surface area contributed by atoms with Gasteiger partial charge in [0.05, 0.1) is 44.6 Å². The van der Waals surface area contributed by atoms with Gasteiger partial charge in [-0.25, -0.2) is 8.42 Å². The van der Waals surface area contributed by atoms with Gasteiger partial charge in [0.2, 0.25) is 6.10 Å². The number of phenols is 1. The highest BCUT2D eigenvalue weighted by Gasteiger charge is 2.68. The number of carbonyl (C=O) groups excluding carboxylic acids is 5. The molecule has 0 radical (unpaired) electrons. The van der Waals surface area contributed by atoms with Gasteiger partial charge in [-0.2, -0.15) is 39.5 Å². The third-order valence-corrected chi connectivity index (χ3v) is 26.3. The zero-order valence-corrected chi connectivity index (χ0v) is 69.8. The van der Waals surface area contributed by atoms with Gasteiger partial charge in [0, 0.05) is 27.7 Å². The summed E-state index contributed by atoms with van der Waals surface area (Å²) in [5, 5.41) is 22.4. The van der Waals surface area contributed by atoms with Crippen LogP contribution >= 0.6 is 10.5 Å². The molecule has 5 aliphatic carbocycles. The number of thiophene rings is 1. The molecule has 112 heavy (non-hydrogen) atoms. The van der Waals surface area contributed by atoms with Crippen LogP contribution in [0.4, 0.5) is 39.5 Å². The number of ether oxygens (including phenoxy) is 5. The number of benzene rings is 5. The van der Waals surface area contributed by atoms with E-state index < -0.39 is 91.5 Å². The number of halogens is 9. The molecule has 0 saturated heterocycles. The van der Waals surface area contributed by atoms with E-state index in [1.54, 1.807) is 19.9 Å². The number of hydrogen-bond acceptors (Lipinski definition) is 15. The molecule has 6 aromatic rings. The van der Waals surface area contributed by atoms with Crippen LogP contribution in [0.15, 0.2) is 133 Å². The lowest BCUT2D eigenvalue weighted by molar-refractivity contribution is -0.574. The van der Waals surface area contributed by atoms with Crippen molar-refractivity contribution in [2.75, 3.05) is 12.9 Å². The van der Waals surface area contributed by atoms with Gasteiger partial charge >= 0.3 is 48.4 Å². The Bertz CT molecular complexity index is 4170. The summed E-state index contributed by atoms with van der Waals surface area (Å²) in [6.45, 7) is 39.0. The predicted octanol–water partition coefficient (Wildman–Crippen LogP) is 21.2. The number of rotatable bonds is 18. The molecular weight excluding hydrogens is 1510 g/mol. The van der Waals surface area contributed by atoms with Crippen LogP contribution in [0.2, 0.25) is 0 Å². The van der Waals surface area contributed by atoms with Crippen molar-refractivity contribution in [2.24, 2.45) is 50.2 Å². The fourth-order valence-electron chi connectivity index (χ4n) is 14.6. The summed E-state index contributed by atoms with van der Waals surface area (Å²) >= 11 is 0. The Morgan fingerprint density at radius 1 is 0.562 bits per heavy atom. The quantitative estimate of drug-likeness (QED) is 0.0277. The highest BCUT2D eigenvalue weighted by molar-refractivity contribution is 7.85. The van der Waals surface area contributed by atoms with Crippen LogP contribution in [-0.4, -0.2) is 103 Å². The molecule has 0 spiro atoms. The van der Waals surface area contributed by atoms with Crippen LogP contribution in [-0.2, 0) is 68.8 Å². The molecule has 5 fully saturated rings. The Labute approximate surface area is 657 Å². The van der Waals surface area contributed by atoms with Crippen molar-refractivity contribution in [2.45, 2.75) is 262 Å². The van der Waals surface area contributed by atoms with Gasteiger partial charge in [0.1, 0.15) is 23.1 Å². The monoisotopic (exact) mass is 1620 g/mol. The van der Waals surface area contributed by atoms with Gasteiger partial charge < -0.3 is 38.5 Å². The Kier molecular flexibility index (Phi) is 30.9. The number of carbonyl (C=O) groups is 5. The van der Waals surface area contributed by atoms with Crippen molar-refractivity contribution >= 4 is 70.6 Å². The second-order valence-corrected chi connectivity index (χ2v) is 38.1. The minimum atomic E-state index is -6.29. The first-order valence-electron chi connectivity index (χ1n) is 37.8. The first kappa shape index (κ1) is 95.3. The van der Waals surface area contributed by atoms with Gasteiger partial charge in [0.15, 0.2) is 19.9 Å². The molecule has 5 aliphatic rings. The molecule has 1 heterocycles. The number of phenolic OH excluding ortho intramolecular Hbond substituents is 1. The average Bonchev–Trinajstić information content (AvgIpc) is 0.919. The third-order valence-electron chi connectivity index (χ3n) is 23.2. The number of esters is 5. The fourth-order valence-corrected chi connectivity index (χ4v) is 17.6. The summed E-state index contributed by atoms with van der Waals surface area (Å²) in [4.78, 5) is 61.6. The van der Waals surface area contributed by atoms with Crippen LogP contribution in [0.5, 0.6) is 5.75 Å². The third kappa shape index (κ3) is 23.7. The van der Waals surface area contributed by atoms with Gasteiger partial charge in [-0.15, -0.1) is 0 Å². The Morgan fingerprint density at radius 2 is 0.991 bits per heavy atom. The second-order valence-electron chi connectivity index (χ2n) is 34.7. The molecule has 624 valence electrons. The van der Waals surface area contributed by atoms with E-state index in [9.17, 15) is 86.7 Å². The molecule has 0 aliphatic heterocycles. The van der Waals surface area contributed by atoms with E-state index >= 15 is 0 Å². The lowest BCUT2D eigenvalue weighted by Gasteiger charge is -2.60. The average molecular weight is 1620 g/mol. The number of aromatic hydroxyl groups is 1. The normalized spacial score (nSPS) is 21.2. The van der Waals surface area contributed by atoms with E-state index in [1.807, 2.05) is 105 Å². The molecule has 0 amide bonds. The number of fused-ring (bicyclic) bond motifs is 3. The van der Waals surface area contributed by atoms with Crippen molar-refractivity contribution in [1.29, 1.82) is 0 Å². The van der Waals surface area contributed by atoms with E-state index in [-0.39, 0.29) is 75.5 Å². The molecule has 15 nitrogen and oxygen atoms in total. The maximum Gasteiger partial charge on any atom is 0.426 e. The highest BCUT2D eigenvalue weighted by atomic mass is 32.2. The summed E-state index contributed by atoms with van der Waals surface area (Å²) in [5.41, 5.74) is -7.22. The van der Waals surface area contributed by atoms with Crippen LogP contribution in [0, 0.1) is 50.2 Å². The Morgan fingerprint density at radius 3 is 1.40 bits per heavy atom. The van der Waals surface area contributed by atoms with Crippen LogP contribution in [0.1, 0.15) is 220 Å². The van der Waals surface area contributed by atoms with Crippen LogP contribution in [0.25, 0.3) is 25.1 Å². The molecule has 3 atom stereocenters. The second kappa shape index (κ2) is 36.3. The van der Waals surface area contributed by atoms with E-state index in [0.717, 1.165) is 44.1 Å². The van der Waals surface area contributed by atoms with Gasteiger partial charge in [-0.3, -0.25) is 24.0 Å². The summed E-state index contributed by atoms with van der Waals surface area (Å²) in [6, 6.07) is 45.7. The first-order valence-corrected chi connectivity index (χ1v) is 40.6. The first-order chi connectivity index (χ1) is 51.2. The maximum absolute atomic E-state index is 13.3. The SMILES string of the molecule is CCC(C)(C)C(=O)OC(C)(C)c1ccccc1.CCC(C)(C)C(=O)OC12CC3CC(C1)CC(C(=O)OC(CS(=O)(=O)[O-])C(F)(F)F)(C3)C2.CCC(C)(C)C(=O)OC1CC(C)(C)C(C)C(C)(C)C1.CCC(C)(C)c1cccc(O)c1.COC(=O)C([O-])(C(F)(F)F)C(F)(F)F.c1ccc(-[s+]2c3ccccc3c3ccccc32)cc1. The molecule has 5 saturated carbocycles. The minimum absolute atomic E-state index is 0.00100. The smallest absolute Gasteiger partial charge is 0.426 e. The number of alkyl halides is 9. The van der Waals surface area contributed by atoms with Gasteiger partial charge in [-0.05, 0) is 220 Å². The zero-order valence-electron chi connectivity index (χ0n) is 68.2. The molecule has 4 bridgehead atoms. The van der Waals surface area contributed by atoms with Crippen molar-refractivity contribution in [3.63, 3.8) is 0 Å². The van der Waals surface area contributed by atoms with Crippen molar-refractivity contribution < 1.29 is 110 Å². The van der Waals surface area contributed by atoms with Crippen LogP contribution in [0.3, 0.4) is 0 Å².